The fourth-order valence-electron chi connectivity index (χ4n) is 3.86. The van der Waals surface area contributed by atoms with Gasteiger partial charge in [0.25, 0.3) is 5.91 Å². The zero-order chi connectivity index (χ0) is 16.8. The molecule has 2 aliphatic heterocycles. The number of benzene rings is 1. The molecule has 126 valence electrons. The van der Waals surface area contributed by atoms with E-state index in [4.69, 9.17) is 4.74 Å². The fourth-order valence-corrected chi connectivity index (χ4v) is 3.86. The van der Waals surface area contributed by atoms with E-state index >= 15 is 0 Å². The molecule has 5 nitrogen and oxygen atoms in total. The highest BCUT2D eigenvalue weighted by atomic mass is 16.5. The second kappa shape index (κ2) is 5.74. The van der Waals surface area contributed by atoms with Gasteiger partial charge in [-0.2, -0.15) is 5.10 Å². The molecule has 2 aliphatic rings. The zero-order valence-electron chi connectivity index (χ0n) is 14.4. The molecule has 1 N–H and O–H groups in total. The predicted molar refractivity (Wildman–Crippen MR) is 90.9 cm³/mol. The summed E-state index contributed by atoms with van der Waals surface area (Å²) >= 11 is 0. The van der Waals surface area contributed by atoms with Crippen molar-refractivity contribution in [3.63, 3.8) is 0 Å². The summed E-state index contributed by atoms with van der Waals surface area (Å²) in [5.74, 6) is 0.0287. The summed E-state index contributed by atoms with van der Waals surface area (Å²) in [4.78, 5) is 15.0. The maximum absolute atomic E-state index is 13.0. The van der Waals surface area contributed by atoms with Crippen LogP contribution >= 0.6 is 0 Å². The number of aromatic nitrogens is 2. The van der Waals surface area contributed by atoms with Crippen molar-refractivity contribution >= 4 is 5.91 Å². The summed E-state index contributed by atoms with van der Waals surface area (Å²) in [5, 5.41) is 7.36. The molecule has 24 heavy (non-hydrogen) atoms. The lowest BCUT2D eigenvalue weighted by Gasteiger charge is -2.30. The van der Waals surface area contributed by atoms with E-state index in [1.54, 1.807) is 0 Å². The number of hydrogen-bond acceptors (Lipinski definition) is 3. The second-order valence-electron chi connectivity index (χ2n) is 7.01. The summed E-state index contributed by atoms with van der Waals surface area (Å²) in [7, 11) is 0. The van der Waals surface area contributed by atoms with Crippen LogP contribution in [0, 0.1) is 6.92 Å². The number of ether oxygens (including phenoxy) is 1. The van der Waals surface area contributed by atoms with Crippen molar-refractivity contribution in [1.82, 2.24) is 15.1 Å². The smallest absolute Gasteiger partial charge is 0.274 e. The molecule has 0 saturated carbocycles. The van der Waals surface area contributed by atoms with Crippen LogP contribution in [0.15, 0.2) is 18.2 Å². The monoisotopic (exact) mass is 325 g/mol. The van der Waals surface area contributed by atoms with E-state index in [1.165, 1.54) is 16.7 Å². The quantitative estimate of drug-likeness (QED) is 0.877. The van der Waals surface area contributed by atoms with Gasteiger partial charge in [-0.15, -0.1) is 0 Å². The van der Waals surface area contributed by atoms with Gasteiger partial charge in [-0.3, -0.25) is 9.89 Å². The molecular weight excluding hydrogens is 302 g/mol. The molecule has 0 unspecified atom stereocenters. The largest absolute Gasteiger partial charge is 0.369 e. The molecule has 0 aliphatic carbocycles. The Morgan fingerprint density at radius 2 is 2.17 bits per heavy atom. The van der Waals surface area contributed by atoms with Crippen molar-refractivity contribution in [3.8, 4) is 0 Å². The molecule has 1 aromatic carbocycles. The lowest BCUT2D eigenvalue weighted by molar-refractivity contribution is -0.00702. The number of nitrogens with one attached hydrogen (secondary N) is 1. The van der Waals surface area contributed by atoms with E-state index in [-0.39, 0.29) is 18.1 Å². The van der Waals surface area contributed by atoms with Gasteiger partial charge in [0.2, 0.25) is 0 Å². The third-order valence-electron chi connectivity index (χ3n) is 5.10. The number of hydrogen-bond donors (Lipinski definition) is 1. The van der Waals surface area contributed by atoms with Crippen LogP contribution < -0.4 is 0 Å². The van der Waals surface area contributed by atoms with Gasteiger partial charge in [0.1, 0.15) is 0 Å². The molecular formula is C19H23N3O2. The number of carbonyl (C=O) groups is 1. The van der Waals surface area contributed by atoms with Gasteiger partial charge in [-0.05, 0) is 38.3 Å². The highest BCUT2D eigenvalue weighted by molar-refractivity contribution is 5.94. The van der Waals surface area contributed by atoms with Gasteiger partial charge in [-0.25, -0.2) is 0 Å². The van der Waals surface area contributed by atoms with Crippen molar-refractivity contribution in [2.24, 2.45) is 0 Å². The molecule has 5 heteroatoms. The topological polar surface area (TPSA) is 58.2 Å². The zero-order valence-corrected chi connectivity index (χ0v) is 14.4. The molecule has 2 atom stereocenters. The molecule has 4 rings (SSSR count). The van der Waals surface area contributed by atoms with Crippen molar-refractivity contribution in [2.45, 2.75) is 52.4 Å². The van der Waals surface area contributed by atoms with Gasteiger partial charge < -0.3 is 9.64 Å². The van der Waals surface area contributed by atoms with E-state index in [0.29, 0.717) is 12.2 Å². The minimum atomic E-state index is -0.0393. The molecule has 1 amide bonds. The van der Waals surface area contributed by atoms with Crippen LogP contribution in [0.3, 0.4) is 0 Å². The van der Waals surface area contributed by atoms with Crippen LogP contribution in [-0.4, -0.2) is 33.7 Å². The molecule has 0 bridgehead atoms. The molecule has 0 fully saturated rings. The minimum absolute atomic E-state index is 0.0287. The normalized spacial score (nSPS) is 22.9. The number of fused-ring (bicyclic) bond motifs is 2. The van der Waals surface area contributed by atoms with E-state index in [9.17, 15) is 4.79 Å². The van der Waals surface area contributed by atoms with Crippen LogP contribution in [0.25, 0.3) is 0 Å². The number of H-pyrrole nitrogens is 1. The van der Waals surface area contributed by atoms with Gasteiger partial charge in [0.05, 0.1) is 17.9 Å². The van der Waals surface area contributed by atoms with Crippen LogP contribution in [0.5, 0.6) is 0 Å². The van der Waals surface area contributed by atoms with Crippen molar-refractivity contribution in [3.05, 3.63) is 51.8 Å². The first-order chi connectivity index (χ1) is 11.5. The standard InChI is InChI=1S/C19H23N3O2/c1-11-4-5-14-6-7-22(10-15(14)8-11)19(23)18-16-9-12(2)24-13(3)17(16)20-21-18/h4-5,8,12-13H,6-7,9-10H2,1-3H3,(H,20,21)/t12-,13+/m1/s1. The van der Waals surface area contributed by atoms with E-state index < -0.39 is 0 Å². The number of nitrogens with zero attached hydrogens (tertiary/aromatic N) is 2. The second-order valence-corrected chi connectivity index (χ2v) is 7.01. The Morgan fingerprint density at radius 3 is 3.00 bits per heavy atom. The van der Waals surface area contributed by atoms with Crippen LogP contribution in [0.1, 0.15) is 58.4 Å². The Balaban J connectivity index is 1.62. The first-order valence-electron chi connectivity index (χ1n) is 8.63. The van der Waals surface area contributed by atoms with Crippen LogP contribution in [0.4, 0.5) is 0 Å². The van der Waals surface area contributed by atoms with Crippen molar-refractivity contribution in [1.29, 1.82) is 0 Å². The maximum Gasteiger partial charge on any atom is 0.274 e. The lowest BCUT2D eigenvalue weighted by Crippen LogP contribution is -2.37. The fraction of sp³-hybridized carbons (Fsp3) is 0.474. The van der Waals surface area contributed by atoms with E-state index in [2.05, 4.69) is 35.3 Å². The average molecular weight is 325 g/mol. The molecule has 3 heterocycles. The molecule has 0 radical (unpaired) electrons. The highest BCUT2D eigenvalue weighted by Gasteiger charge is 2.32. The SMILES string of the molecule is Cc1ccc2c(c1)CN(C(=O)c1n[nH]c3c1C[C@@H](C)O[C@H]3C)CC2. The Hall–Kier alpha value is -2.14. The van der Waals surface area contributed by atoms with Crippen molar-refractivity contribution in [2.75, 3.05) is 6.54 Å². The predicted octanol–water partition coefficient (Wildman–Crippen LogP) is 2.94. The minimum Gasteiger partial charge on any atom is -0.369 e. The third kappa shape index (κ3) is 2.53. The number of amides is 1. The Kier molecular flexibility index (Phi) is 3.68. The van der Waals surface area contributed by atoms with Crippen LogP contribution in [-0.2, 0) is 24.1 Å². The van der Waals surface area contributed by atoms with Crippen LogP contribution in [0.2, 0.25) is 0 Å². The summed E-state index contributed by atoms with van der Waals surface area (Å²) in [5.41, 5.74) is 6.39. The average Bonchev–Trinajstić information content (AvgIpc) is 2.97. The Labute approximate surface area is 142 Å². The first-order valence-corrected chi connectivity index (χ1v) is 8.63. The van der Waals surface area contributed by atoms with Gasteiger partial charge >= 0.3 is 0 Å². The maximum atomic E-state index is 13.0. The van der Waals surface area contributed by atoms with E-state index in [0.717, 1.165) is 30.6 Å². The summed E-state index contributed by atoms with van der Waals surface area (Å²) in [6.07, 6.45) is 1.72. The third-order valence-corrected chi connectivity index (χ3v) is 5.10. The summed E-state index contributed by atoms with van der Waals surface area (Å²) < 4.78 is 5.81. The van der Waals surface area contributed by atoms with Gasteiger partial charge in [-0.1, -0.05) is 23.8 Å². The number of aryl methyl sites for hydroxylation is 1. The molecule has 0 saturated heterocycles. The van der Waals surface area contributed by atoms with Gasteiger partial charge in [0.15, 0.2) is 5.69 Å². The van der Waals surface area contributed by atoms with E-state index in [1.807, 2.05) is 18.7 Å². The van der Waals surface area contributed by atoms with Crippen molar-refractivity contribution < 1.29 is 9.53 Å². The number of aromatic amines is 1. The lowest BCUT2D eigenvalue weighted by atomic mass is 9.96. The first kappa shape index (κ1) is 15.4. The molecule has 2 aromatic rings. The summed E-state index contributed by atoms with van der Waals surface area (Å²) in [6.45, 7) is 7.55. The number of carbonyl (C=O) groups excluding carboxylic acids is 1. The highest BCUT2D eigenvalue weighted by Crippen LogP contribution is 2.31. The van der Waals surface area contributed by atoms with Gasteiger partial charge in [0, 0.05) is 25.1 Å². The Morgan fingerprint density at radius 1 is 1.33 bits per heavy atom. The Bertz CT molecular complexity index is 796. The summed E-state index contributed by atoms with van der Waals surface area (Å²) in [6, 6.07) is 6.51. The molecule has 0 spiro atoms. The molecule has 1 aromatic heterocycles. The number of rotatable bonds is 1.